The van der Waals surface area contributed by atoms with Gasteiger partial charge < -0.3 is 9.64 Å². The van der Waals surface area contributed by atoms with Crippen molar-refractivity contribution in [2.24, 2.45) is 0 Å². The van der Waals surface area contributed by atoms with Crippen molar-refractivity contribution in [1.29, 1.82) is 0 Å². The number of carbonyl (C=O) groups is 1. The van der Waals surface area contributed by atoms with Crippen LogP contribution in [-0.4, -0.2) is 56.3 Å². The van der Waals surface area contributed by atoms with E-state index in [-0.39, 0.29) is 30.5 Å². The summed E-state index contributed by atoms with van der Waals surface area (Å²) in [6, 6.07) is 14.1. The maximum Gasteiger partial charge on any atom is 0.260 e. The molecule has 0 bridgehead atoms. The Labute approximate surface area is 167 Å². The van der Waals surface area contributed by atoms with Gasteiger partial charge in [-0.05, 0) is 48.9 Å². The van der Waals surface area contributed by atoms with Crippen molar-refractivity contribution in [3.05, 3.63) is 58.6 Å². The molecular weight excluding hydrogens is 432 g/mol. The molecular formula is C19H21BrN2O4S. The van der Waals surface area contributed by atoms with E-state index in [2.05, 4.69) is 15.9 Å². The summed E-state index contributed by atoms with van der Waals surface area (Å²) in [5.41, 5.74) is 1.06. The first kappa shape index (κ1) is 19.9. The molecule has 1 amide bonds. The molecule has 0 aromatic heterocycles. The number of benzene rings is 2. The molecule has 6 nitrogen and oxygen atoms in total. The van der Waals surface area contributed by atoms with E-state index in [0.717, 1.165) is 10.0 Å². The standard InChI is InChI=1S/C19H21BrN2O4S/c1-15-3-2-4-17(13-15)26-14-19(23)21-9-11-22(12-10-21)27(24,25)18-7-5-16(20)6-8-18/h2-8,13H,9-12,14H2,1H3. The second-order valence-corrected chi connectivity index (χ2v) is 9.20. The average molecular weight is 453 g/mol. The van der Waals surface area contributed by atoms with Crippen molar-refractivity contribution in [3.63, 3.8) is 0 Å². The summed E-state index contributed by atoms with van der Waals surface area (Å²) in [5.74, 6) is 0.511. The molecule has 2 aromatic rings. The van der Waals surface area contributed by atoms with E-state index in [4.69, 9.17) is 4.74 Å². The van der Waals surface area contributed by atoms with Gasteiger partial charge in [0, 0.05) is 30.7 Å². The third-order valence-corrected chi connectivity index (χ3v) is 6.84. The molecule has 1 fully saturated rings. The minimum Gasteiger partial charge on any atom is -0.484 e. The molecule has 1 heterocycles. The monoisotopic (exact) mass is 452 g/mol. The summed E-state index contributed by atoms with van der Waals surface area (Å²) >= 11 is 3.30. The quantitative estimate of drug-likeness (QED) is 0.699. The van der Waals surface area contributed by atoms with Gasteiger partial charge in [-0.15, -0.1) is 0 Å². The fourth-order valence-electron chi connectivity index (χ4n) is 2.87. The van der Waals surface area contributed by atoms with Crippen LogP contribution < -0.4 is 4.74 Å². The highest BCUT2D eigenvalue weighted by Gasteiger charge is 2.30. The number of rotatable bonds is 5. The number of carbonyl (C=O) groups excluding carboxylic acids is 1. The van der Waals surface area contributed by atoms with Crippen molar-refractivity contribution in [2.45, 2.75) is 11.8 Å². The van der Waals surface area contributed by atoms with Crippen LogP contribution in [0.25, 0.3) is 0 Å². The van der Waals surface area contributed by atoms with Crippen molar-refractivity contribution in [2.75, 3.05) is 32.8 Å². The van der Waals surface area contributed by atoms with Crippen molar-refractivity contribution >= 4 is 31.9 Å². The number of ether oxygens (including phenoxy) is 1. The predicted molar refractivity (Wildman–Crippen MR) is 106 cm³/mol. The molecule has 1 aliphatic rings. The van der Waals surface area contributed by atoms with Gasteiger partial charge in [0.2, 0.25) is 10.0 Å². The van der Waals surface area contributed by atoms with E-state index >= 15 is 0 Å². The van der Waals surface area contributed by atoms with Gasteiger partial charge >= 0.3 is 0 Å². The molecule has 0 N–H and O–H groups in total. The number of aryl methyl sites for hydroxylation is 1. The van der Waals surface area contributed by atoms with Crippen LogP contribution in [0.1, 0.15) is 5.56 Å². The van der Waals surface area contributed by atoms with Gasteiger partial charge in [-0.1, -0.05) is 28.1 Å². The molecule has 144 valence electrons. The van der Waals surface area contributed by atoms with Gasteiger partial charge in [-0.2, -0.15) is 4.31 Å². The normalized spacial score (nSPS) is 15.6. The summed E-state index contributed by atoms with van der Waals surface area (Å²) in [7, 11) is -3.54. The minimum atomic E-state index is -3.54. The lowest BCUT2D eigenvalue weighted by atomic mass is 10.2. The number of hydrogen-bond acceptors (Lipinski definition) is 4. The summed E-state index contributed by atoms with van der Waals surface area (Å²) in [4.78, 5) is 14.2. The number of hydrogen-bond donors (Lipinski definition) is 0. The fraction of sp³-hybridized carbons (Fsp3) is 0.316. The van der Waals surface area contributed by atoms with Crippen LogP contribution in [0.5, 0.6) is 5.75 Å². The van der Waals surface area contributed by atoms with Crippen molar-refractivity contribution in [1.82, 2.24) is 9.21 Å². The van der Waals surface area contributed by atoms with Crippen LogP contribution in [0, 0.1) is 6.92 Å². The third kappa shape index (κ3) is 4.88. The Balaban J connectivity index is 1.55. The van der Waals surface area contributed by atoms with Gasteiger partial charge in [0.05, 0.1) is 4.90 Å². The maximum atomic E-state index is 12.7. The van der Waals surface area contributed by atoms with Gasteiger partial charge in [0.1, 0.15) is 5.75 Å². The highest BCUT2D eigenvalue weighted by atomic mass is 79.9. The number of sulfonamides is 1. The van der Waals surface area contributed by atoms with Crippen LogP contribution in [0.4, 0.5) is 0 Å². The Hall–Kier alpha value is -1.90. The van der Waals surface area contributed by atoms with E-state index < -0.39 is 10.0 Å². The van der Waals surface area contributed by atoms with Crippen LogP contribution in [0.3, 0.4) is 0 Å². The number of nitrogens with zero attached hydrogens (tertiary/aromatic N) is 2. The van der Waals surface area contributed by atoms with Crippen molar-refractivity contribution < 1.29 is 17.9 Å². The number of halogens is 1. The molecule has 0 saturated carbocycles. The first-order valence-corrected chi connectivity index (χ1v) is 10.8. The molecule has 0 unspecified atom stereocenters. The Morgan fingerprint density at radius 1 is 1.07 bits per heavy atom. The summed E-state index contributed by atoms with van der Waals surface area (Å²) < 4.78 is 33.2. The van der Waals surface area contributed by atoms with Crippen LogP contribution in [-0.2, 0) is 14.8 Å². The Kier molecular flexibility index (Phi) is 6.18. The van der Waals surface area contributed by atoms with E-state index in [1.165, 1.54) is 4.31 Å². The molecule has 2 aromatic carbocycles. The van der Waals surface area contributed by atoms with Gasteiger partial charge in [0.15, 0.2) is 6.61 Å². The molecule has 0 aliphatic carbocycles. The SMILES string of the molecule is Cc1cccc(OCC(=O)N2CCN(S(=O)(=O)c3ccc(Br)cc3)CC2)c1. The average Bonchev–Trinajstić information content (AvgIpc) is 2.66. The van der Waals surface area contributed by atoms with Gasteiger partial charge in [0.25, 0.3) is 5.91 Å². The fourth-order valence-corrected chi connectivity index (χ4v) is 4.56. The zero-order valence-corrected chi connectivity index (χ0v) is 17.4. The topological polar surface area (TPSA) is 66.9 Å². The smallest absolute Gasteiger partial charge is 0.260 e. The molecule has 0 atom stereocenters. The van der Waals surface area contributed by atoms with E-state index in [1.54, 1.807) is 29.2 Å². The number of amides is 1. The zero-order chi connectivity index (χ0) is 19.4. The van der Waals surface area contributed by atoms with Crippen LogP contribution in [0.2, 0.25) is 0 Å². The Morgan fingerprint density at radius 3 is 2.37 bits per heavy atom. The third-order valence-electron chi connectivity index (χ3n) is 4.39. The van der Waals surface area contributed by atoms with Gasteiger partial charge in [-0.3, -0.25) is 4.79 Å². The molecule has 3 rings (SSSR count). The number of piperazine rings is 1. The summed E-state index contributed by atoms with van der Waals surface area (Å²) in [6.45, 7) is 3.16. The minimum absolute atomic E-state index is 0.0527. The maximum absolute atomic E-state index is 12.7. The molecule has 0 radical (unpaired) electrons. The lowest BCUT2D eigenvalue weighted by Crippen LogP contribution is -2.51. The Bertz CT molecular complexity index is 908. The second-order valence-electron chi connectivity index (χ2n) is 6.34. The first-order chi connectivity index (χ1) is 12.9. The first-order valence-electron chi connectivity index (χ1n) is 8.59. The lowest BCUT2D eigenvalue weighted by molar-refractivity contribution is -0.134. The lowest BCUT2D eigenvalue weighted by Gasteiger charge is -2.34. The van der Waals surface area contributed by atoms with Crippen LogP contribution >= 0.6 is 15.9 Å². The van der Waals surface area contributed by atoms with E-state index in [9.17, 15) is 13.2 Å². The molecule has 8 heteroatoms. The molecule has 27 heavy (non-hydrogen) atoms. The summed E-state index contributed by atoms with van der Waals surface area (Å²) in [5, 5.41) is 0. The highest BCUT2D eigenvalue weighted by molar-refractivity contribution is 9.10. The highest BCUT2D eigenvalue weighted by Crippen LogP contribution is 2.20. The zero-order valence-electron chi connectivity index (χ0n) is 15.0. The van der Waals surface area contributed by atoms with Crippen molar-refractivity contribution in [3.8, 4) is 5.75 Å². The summed E-state index contributed by atoms with van der Waals surface area (Å²) in [6.07, 6.45) is 0. The van der Waals surface area contributed by atoms with E-state index in [1.807, 2.05) is 31.2 Å². The van der Waals surface area contributed by atoms with Crippen LogP contribution in [0.15, 0.2) is 57.9 Å². The molecule has 1 saturated heterocycles. The molecule has 0 spiro atoms. The Morgan fingerprint density at radius 2 is 1.74 bits per heavy atom. The van der Waals surface area contributed by atoms with E-state index in [0.29, 0.717) is 18.8 Å². The molecule has 1 aliphatic heterocycles. The predicted octanol–water partition coefficient (Wildman–Crippen LogP) is 2.67. The largest absolute Gasteiger partial charge is 0.484 e. The van der Waals surface area contributed by atoms with Gasteiger partial charge in [-0.25, -0.2) is 8.42 Å². The second kappa shape index (κ2) is 8.41.